The Hall–Kier alpha value is -10.7. The van der Waals surface area contributed by atoms with E-state index in [1.807, 2.05) is 0 Å². The summed E-state index contributed by atoms with van der Waals surface area (Å²) in [5, 5.41) is 9.52. The van der Waals surface area contributed by atoms with Crippen LogP contribution >= 0.6 is 0 Å². The van der Waals surface area contributed by atoms with Crippen LogP contribution in [0.5, 0.6) is 0 Å². The lowest BCUT2D eigenvalue weighted by molar-refractivity contribution is 1.15. The second-order valence-electron chi connectivity index (χ2n) is 21.1. The van der Waals surface area contributed by atoms with Crippen molar-refractivity contribution in [2.24, 2.45) is 0 Å². The smallest absolute Gasteiger partial charge is 0.0485 e. The van der Waals surface area contributed by atoms with E-state index in [0.29, 0.717) is 6.42 Å². The zero-order valence-corrected chi connectivity index (χ0v) is 44.5. The third kappa shape index (κ3) is 8.95. The van der Waals surface area contributed by atoms with Crippen molar-refractivity contribution in [1.82, 2.24) is 0 Å². The molecule has 0 N–H and O–H groups in total. The number of nitrogens with zero attached hydrogens (tertiary/aromatic N) is 4. The van der Waals surface area contributed by atoms with Crippen LogP contribution in [-0.2, 0) is 6.42 Å². The van der Waals surface area contributed by atoms with Gasteiger partial charge in [0.25, 0.3) is 0 Å². The first-order chi connectivity index (χ1) is 40.1. The Balaban J connectivity index is 1.03. The van der Waals surface area contributed by atoms with Crippen molar-refractivity contribution in [2.75, 3.05) is 19.6 Å². The maximum absolute atomic E-state index is 2.44. The molecule has 14 aromatic carbocycles. The number of rotatable bonds is 8. The van der Waals surface area contributed by atoms with Crippen LogP contribution in [0.2, 0.25) is 0 Å². The molecule has 382 valence electrons. The lowest BCUT2D eigenvalue weighted by Gasteiger charge is -2.31. The van der Waals surface area contributed by atoms with Gasteiger partial charge in [-0.3, -0.25) is 0 Å². The quantitative estimate of drug-likeness (QED) is 0.150. The van der Waals surface area contributed by atoms with Crippen LogP contribution in [0.1, 0.15) is 11.1 Å². The number of fused-ring (bicyclic) bond motifs is 2. The van der Waals surface area contributed by atoms with E-state index in [1.165, 1.54) is 54.2 Å². The summed E-state index contributed by atoms with van der Waals surface area (Å²) in [4.78, 5) is 9.72. The average molecular weight is 1040 g/mol. The van der Waals surface area contributed by atoms with Crippen LogP contribution in [-0.4, -0.2) is 0 Å². The van der Waals surface area contributed by atoms with Crippen LogP contribution in [0.4, 0.5) is 68.2 Å². The second kappa shape index (κ2) is 20.3. The molecule has 4 nitrogen and oxygen atoms in total. The molecule has 0 radical (unpaired) electrons. The first-order valence-electron chi connectivity index (χ1n) is 27.8. The molecule has 18 rings (SSSR count). The molecule has 0 atom stereocenters. The monoisotopic (exact) mass is 1030 g/mol. The number of hydrogen-bond acceptors (Lipinski definition) is 4. The molecule has 0 aliphatic carbocycles. The third-order valence-corrected chi connectivity index (χ3v) is 15.9. The molecule has 81 heavy (non-hydrogen) atoms. The molecular formula is C77H54N4. The summed E-state index contributed by atoms with van der Waals surface area (Å²) in [5.41, 5.74) is 17.5. The van der Waals surface area contributed by atoms with E-state index in [1.54, 1.807) is 0 Å². The summed E-state index contributed by atoms with van der Waals surface area (Å²) >= 11 is 0. The Morgan fingerprint density at radius 3 is 1.02 bits per heavy atom. The van der Waals surface area contributed by atoms with Gasteiger partial charge in [-0.2, -0.15) is 0 Å². The molecule has 0 saturated heterocycles. The van der Waals surface area contributed by atoms with Gasteiger partial charge in [0.1, 0.15) is 0 Å². The standard InChI is InChI=1S/C77H54N4/c1-5-25-62(26-6-1)78(66-37-35-56-19-13-15-21-58(56)48-66)70-44-54-43-55-45-71(79(63-27-7-2-8-28-63)67-38-36-57-20-14-16-22-59(57)49-67)53-73(47-55)81(65-31-11-4-12-32-65)69-40-42-75-61(51-69)24-18-34-77(75)76-33-17-23-60-50-68(39-41-74(60)76)80(72(46-54)52-70)64-29-9-3-10-30-64/h1-42,44-53H,43H2. The lowest BCUT2D eigenvalue weighted by atomic mass is 9.93. The minimum atomic E-state index is 0.621. The molecule has 4 aliphatic heterocycles. The summed E-state index contributed by atoms with van der Waals surface area (Å²) in [6.07, 6.45) is 0.621. The highest BCUT2D eigenvalue weighted by Gasteiger charge is 2.24. The van der Waals surface area contributed by atoms with Crippen molar-refractivity contribution in [3.8, 4) is 11.1 Å². The number of benzene rings is 14. The molecular weight excluding hydrogens is 981 g/mol. The molecule has 0 unspecified atom stereocenters. The fourth-order valence-corrected chi connectivity index (χ4v) is 12.3. The Kier molecular flexibility index (Phi) is 11.9. The highest BCUT2D eigenvalue weighted by Crippen LogP contribution is 2.47. The molecule has 0 amide bonds. The summed E-state index contributed by atoms with van der Waals surface area (Å²) in [6, 6.07) is 116. The van der Waals surface area contributed by atoms with Crippen molar-refractivity contribution in [1.29, 1.82) is 0 Å². The first kappa shape index (κ1) is 47.5. The highest BCUT2D eigenvalue weighted by molar-refractivity contribution is 6.07. The molecule has 14 aromatic rings. The Morgan fingerprint density at radius 2 is 0.593 bits per heavy atom. The van der Waals surface area contributed by atoms with E-state index in [-0.39, 0.29) is 0 Å². The Morgan fingerprint density at radius 1 is 0.210 bits per heavy atom. The zero-order valence-electron chi connectivity index (χ0n) is 44.5. The first-order valence-corrected chi connectivity index (χ1v) is 27.8. The predicted octanol–water partition coefficient (Wildman–Crippen LogP) is 21.7. The highest BCUT2D eigenvalue weighted by atomic mass is 15.2. The normalized spacial score (nSPS) is 12.1. The molecule has 0 saturated carbocycles. The maximum Gasteiger partial charge on any atom is 0.0485 e. The van der Waals surface area contributed by atoms with Crippen molar-refractivity contribution >= 4 is 111 Å². The van der Waals surface area contributed by atoms with Crippen molar-refractivity contribution in [2.45, 2.75) is 6.42 Å². The van der Waals surface area contributed by atoms with Gasteiger partial charge in [-0.15, -0.1) is 0 Å². The summed E-state index contributed by atoms with van der Waals surface area (Å²) in [7, 11) is 0. The predicted molar refractivity (Wildman–Crippen MR) is 343 cm³/mol. The fraction of sp³-hybridized carbons (Fsp3) is 0.0130. The van der Waals surface area contributed by atoms with Gasteiger partial charge in [0, 0.05) is 68.2 Å². The van der Waals surface area contributed by atoms with Crippen LogP contribution in [0.25, 0.3) is 54.2 Å². The van der Waals surface area contributed by atoms with E-state index < -0.39 is 0 Å². The zero-order chi connectivity index (χ0) is 53.6. The van der Waals surface area contributed by atoms with Gasteiger partial charge < -0.3 is 19.6 Å². The molecule has 0 fully saturated rings. The fourth-order valence-electron chi connectivity index (χ4n) is 12.3. The number of anilines is 12. The van der Waals surface area contributed by atoms with E-state index in [0.717, 1.165) is 79.4 Å². The minimum absolute atomic E-state index is 0.621. The van der Waals surface area contributed by atoms with Gasteiger partial charge in [0.15, 0.2) is 0 Å². The lowest BCUT2D eigenvalue weighted by Crippen LogP contribution is -2.15. The van der Waals surface area contributed by atoms with Gasteiger partial charge in [-0.1, -0.05) is 182 Å². The molecule has 4 aliphatic rings. The van der Waals surface area contributed by atoms with Crippen LogP contribution in [0, 0.1) is 0 Å². The van der Waals surface area contributed by atoms with E-state index in [4.69, 9.17) is 0 Å². The van der Waals surface area contributed by atoms with E-state index in [2.05, 4.69) is 335 Å². The van der Waals surface area contributed by atoms with Crippen molar-refractivity contribution in [3.05, 3.63) is 327 Å². The van der Waals surface area contributed by atoms with Gasteiger partial charge >= 0.3 is 0 Å². The number of hydrogen-bond donors (Lipinski definition) is 0. The maximum atomic E-state index is 2.44. The molecule has 0 spiro atoms. The molecule has 0 aromatic heterocycles. The van der Waals surface area contributed by atoms with Crippen LogP contribution < -0.4 is 19.6 Å². The molecule has 12 bridgehead atoms. The topological polar surface area (TPSA) is 13.0 Å². The largest absolute Gasteiger partial charge is 0.310 e. The van der Waals surface area contributed by atoms with Gasteiger partial charge in [-0.25, -0.2) is 0 Å². The van der Waals surface area contributed by atoms with Crippen molar-refractivity contribution in [3.63, 3.8) is 0 Å². The minimum Gasteiger partial charge on any atom is -0.310 e. The van der Waals surface area contributed by atoms with Gasteiger partial charge in [0.05, 0.1) is 0 Å². The Bertz CT molecular complexity index is 4340. The summed E-state index contributed by atoms with van der Waals surface area (Å²) in [5.74, 6) is 0. The second-order valence-corrected chi connectivity index (χ2v) is 21.1. The van der Waals surface area contributed by atoms with E-state index in [9.17, 15) is 0 Å². The van der Waals surface area contributed by atoms with Gasteiger partial charge in [-0.05, 0) is 205 Å². The van der Waals surface area contributed by atoms with Crippen LogP contribution in [0.3, 0.4) is 0 Å². The average Bonchev–Trinajstić information content (AvgIpc) is 3.69. The molecule has 4 heterocycles. The third-order valence-electron chi connectivity index (χ3n) is 15.9. The summed E-state index contributed by atoms with van der Waals surface area (Å²) < 4.78 is 0. The molecule has 4 heteroatoms. The Labute approximate surface area is 472 Å². The SMILES string of the molecule is c1ccc(N(c2cc3cc(c2)N(c2ccccc2)c2ccc4c(cccc4c2)-c2cccc4cc(ccc24)N(c2ccccc2)c2cc(cc(N(c4ccccc4)c4ccc5ccccc5c4)c2)C3)c2ccc3ccccc3c2)cc1. The number of para-hydroxylation sites is 4. The van der Waals surface area contributed by atoms with Crippen LogP contribution in [0.15, 0.2) is 315 Å². The van der Waals surface area contributed by atoms with E-state index >= 15 is 0 Å². The van der Waals surface area contributed by atoms with Gasteiger partial charge in [0.2, 0.25) is 0 Å². The summed E-state index contributed by atoms with van der Waals surface area (Å²) in [6.45, 7) is 0. The van der Waals surface area contributed by atoms with Crippen molar-refractivity contribution < 1.29 is 0 Å².